The van der Waals surface area contributed by atoms with Crippen LogP contribution in [0.3, 0.4) is 0 Å². The molecule has 0 radical (unpaired) electrons. The van der Waals surface area contributed by atoms with Crippen molar-refractivity contribution in [2.45, 2.75) is 31.6 Å². The number of carbonyl (C=O) groups excluding carboxylic acids is 1. The van der Waals surface area contributed by atoms with Gasteiger partial charge in [-0.25, -0.2) is 0 Å². The van der Waals surface area contributed by atoms with Crippen molar-refractivity contribution >= 4 is 23.2 Å². The second kappa shape index (κ2) is 10.5. The van der Waals surface area contributed by atoms with E-state index in [-0.39, 0.29) is 10.8 Å². The average molecular weight is 453 g/mol. The number of nitrogens with zero attached hydrogens (tertiary/aromatic N) is 2. The molecule has 1 fully saturated rings. The van der Waals surface area contributed by atoms with Gasteiger partial charge in [0.25, 0.3) is 0 Å². The van der Waals surface area contributed by atoms with E-state index in [2.05, 4.69) is 38.9 Å². The molecule has 1 saturated heterocycles. The van der Waals surface area contributed by atoms with Crippen LogP contribution >= 0.6 is 11.8 Å². The van der Waals surface area contributed by atoms with Crippen molar-refractivity contribution in [3.8, 4) is 5.75 Å². The normalized spacial score (nSPS) is 21.2. The number of aryl methyl sites for hydroxylation is 1. The van der Waals surface area contributed by atoms with E-state index in [1.165, 1.54) is 11.1 Å². The van der Waals surface area contributed by atoms with Crippen molar-refractivity contribution < 1.29 is 9.53 Å². The highest BCUT2D eigenvalue weighted by Gasteiger charge is 2.32. The minimum atomic E-state index is -0.332. The fourth-order valence-corrected chi connectivity index (χ4v) is 5.17. The molecular formula is C25H32N4O2S. The number of pyridine rings is 1. The Balaban J connectivity index is 1.26. The molecule has 3 heterocycles. The number of nitrogens with one attached hydrogen (secondary N) is 2. The molecule has 1 atom stereocenters. The van der Waals surface area contributed by atoms with Gasteiger partial charge < -0.3 is 15.4 Å². The number of thioether (sulfide) groups is 1. The van der Waals surface area contributed by atoms with Gasteiger partial charge in [0, 0.05) is 51.0 Å². The van der Waals surface area contributed by atoms with Crippen LogP contribution in [0.1, 0.15) is 30.2 Å². The Morgan fingerprint density at radius 3 is 2.94 bits per heavy atom. The number of hydrogen-bond donors (Lipinski definition) is 2. The lowest BCUT2D eigenvalue weighted by molar-refractivity contribution is -0.121. The molecule has 32 heavy (non-hydrogen) atoms. The van der Waals surface area contributed by atoms with Crippen molar-refractivity contribution in [3.63, 3.8) is 0 Å². The number of rotatable bonds is 8. The summed E-state index contributed by atoms with van der Waals surface area (Å²) in [5.41, 5.74) is 4.38. The number of piperazine rings is 1. The summed E-state index contributed by atoms with van der Waals surface area (Å²) in [7, 11) is 0. The Hall–Kier alpha value is -2.35. The lowest BCUT2D eigenvalue weighted by Crippen LogP contribution is -2.44. The van der Waals surface area contributed by atoms with Gasteiger partial charge in [-0.3, -0.25) is 14.7 Å². The fourth-order valence-electron chi connectivity index (χ4n) is 4.13. The lowest BCUT2D eigenvalue weighted by atomic mass is 10.0. The minimum absolute atomic E-state index is 0.0264. The standard InChI is InChI=1S/C25H32N4O2S/c1-19-14-21(6-7-27-19)22-17-25(2,32-18-22)28-24(30)16-20-4-3-5-23(15-20)31-13-12-29-10-8-26-9-11-29/h3-7,14-15,18,26H,8-13,16-17H2,1-2H3,(H,28,30). The van der Waals surface area contributed by atoms with Crippen molar-refractivity contribution in [1.82, 2.24) is 20.5 Å². The molecule has 2 aromatic rings. The summed E-state index contributed by atoms with van der Waals surface area (Å²) in [5, 5.41) is 8.74. The minimum Gasteiger partial charge on any atom is -0.492 e. The molecule has 7 heteroatoms. The second-order valence-electron chi connectivity index (χ2n) is 8.67. The van der Waals surface area contributed by atoms with Crippen LogP contribution in [0.15, 0.2) is 48.0 Å². The van der Waals surface area contributed by atoms with Crippen LogP contribution in [-0.4, -0.2) is 60.0 Å². The van der Waals surface area contributed by atoms with E-state index in [0.717, 1.165) is 56.2 Å². The molecule has 2 N–H and O–H groups in total. The Morgan fingerprint density at radius 2 is 2.12 bits per heavy atom. The summed E-state index contributed by atoms with van der Waals surface area (Å²) in [6.07, 6.45) is 2.97. The number of aromatic nitrogens is 1. The molecule has 1 amide bonds. The number of amides is 1. The van der Waals surface area contributed by atoms with Gasteiger partial charge in [-0.15, -0.1) is 11.8 Å². The van der Waals surface area contributed by atoms with E-state index in [4.69, 9.17) is 4.74 Å². The van der Waals surface area contributed by atoms with Crippen LogP contribution in [0.25, 0.3) is 5.57 Å². The van der Waals surface area contributed by atoms with Crippen molar-refractivity contribution in [2.75, 3.05) is 39.3 Å². The van der Waals surface area contributed by atoms with Crippen LogP contribution in [0.4, 0.5) is 0 Å². The molecule has 2 aliphatic heterocycles. The number of carbonyl (C=O) groups is 1. The van der Waals surface area contributed by atoms with Gasteiger partial charge in [0.15, 0.2) is 0 Å². The van der Waals surface area contributed by atoms with Gasteiger partial charge in [-0.05, 0) is 60.2 Å². The predicted octanol–water partition coefficient (Wildman–Crippen LogP) is 3.23. The van der Waals surface area contributed by atoms with Gasteiger partial charge in [0.2, 0.25) is 5.91 Å². The first-order valence-electron chi connectivity index (χ1n) is 11.2. The maximum absolute atomic E-state index is 12.8. The first-order valence-corrected chi connectivity index (χ1v) is 12.1. The van der Waals surface area contributed by atoms with Crippen molar-refractivity contribution in [2.24, 2.45) is 0 Å². The van der Waals surface area contributed by atoms with Crippen LogP contribution < -0.4 is 15.4 Å². The zero-order chi connectivity index (χ0) is 22.4. The molecule has 0 aliphatic carbocycles. The second-order valence-corrected chi connectivity index (χ2v) is 10.0. The molecular weight excluding hydrogens is 420 g/mol. The van der Waals surface area contributed by atoms with Gasteiger partial charge in [0.05, 0.1) is 11.3 Å². The highest BCUT2D eigenvalue weighted by Crippen LogP contribution is 2.42. The smallest absolute Gasteiger partial charge is 0.225 e. The third-order valence-electron chi connectivity index (χ3n) is 5.81. The zero-order valence-corrected chi connectivity index (χ0v) is 19.7. The number of hydrogen-bond acceptors (Lipinski definition) is 6. The highest BCUT2D eigenvalue weighted by atomic mass is 32.2. The first kappa shape index (κ1) is 22.8. The molecule has 1 unspecified atom stereocenters. The monoisotopic (exact) mass is 452 g/mol. The van der Waals surface area contributed by atoms with Gasteiger partial charge in [0.1, 0.15) is 12.4 Å². The van der Waals surface area contributed by atoms with Crippen LogP contribution in [0.5, 0.6) is 5.75 Å². The Bertz CT molecular complexity index is 974. The zero-order valence-electron chi connectivity index (χ0n) is 18.9. The molecule has 2 aliphatic rings. The molecule has 0 saturated carbocycles. The highest BCUT2D eigenvalue weighted by molar-refractivity contribution is 8.03. The first-order chi connectivity index (χ1) is 15.5. The molecule has 170 valence electrons. The topological polar surface area (TPSA) is 66.5 Å². The van der Waals surface area contributed by atoms with Gasteiger partial charge in [-0.2, -0.15) is 0 Å². The van der Waals surface area contributed by atoms with E-state index >= 15 is 0 Å². The van der Waals surface area contributed by atoms with Crippen LogP contribution in [-0.2, 0) is 11.2 Å². The summed E-state index contributed by atoms with van der Waals surface area (Å²) in [5.74, 6) is 0.849. The predicted molar refractivity (Wildman–Crippen MR) is 131 cm³/mol. The van der Waals surface area contributed by atoms with Crippen molar-refractivity contribution in [3.05, 3.63) is 64.8 Å². The largest absolute Gasteiger partial charge is 0.492 e. The SMILES string of the molecule is Cc1cc(C2=CSC(C)(NC(=O)Cc3cccc(OCCN4CCNCC4)c3)C2)ccn1. The Kier molecular flexibility index (Phi) is 7.50. The van der Waals surface area contributed by atoms with E-state index in [0.29, 0.717) is 13.0 Å². The van der Waals surface area contributed by atoms with E-state index in [1.807, 2.05) is 43.5 Å². The maximum Gasteiger partial charge on any atom is 0.225 e. The lowest BCUT2D eigenvalue weighted by Gasteiger charge is -2.27. The van der Waals surface area contributed by atoms with Crippen LogP contribution in [0, 0.1) is 6.92 Å². The maximum atomic E-state index is 12.8. The average Bonchev–Trinajstić information content (AvgIpc) is 3.16. The van der Waals surface area contributed by atoms with Crippen molar-refractivity contribution in [1.29, 1.82) is 0 Å². The summed E-state index contributed by atoms with van der Waals surface area (Å²) >= 11 is 1.67. The summed E-state index contributed by atoms with van der Waals surface area (Å²) in [6, 6.07) is 12.0. The van der Waals surface area contributed by atoms with Gasteiger partial charge in [-0.1, -0.05) is 12.1 Å². The van der Waals surface area contributed by atoms with Gasteiger partial charge >= 0.3 is 0 Å². The quantitative estimate of drug-likeness (QED) is 0.641. The summed E-state index contributed by atoms with van der Waals surface area (Å²) < 4.78 is 5.95. The third-order valence-corrected chi connectivity index (χ3v) is 6.98. The molecule has 0 bridgehead atoms. The number of ether oxygens (including phenoxy) is 1. The van der Waals surface area contributed by atoms with E-state index < -0.39 is 0 Å². The summed E-state index contributed by atoms with van der Waals surface area (Å²) in [6.45, 7) is 9.89. The third kappa shape index (κ3) is 6.34. The number of benzene rings is 1. The van der Waals surface area contributed by atoms with E-state index in [1.54, 1.807) is 11.8 Å². The Labute approximate surface area is 194 Å². The fraction of sp³-hybridized carbons (Fsp3) is 0.440. The van der Waals surface area contributed by atoms with Crippen LogP contribution in [0.2, 0.25) is 0 Å². The molecule has 0 spiro atoms. The Morgan fingerprint density at radius 1 is 1.28 bits per heavy atom. The molecule has 1 aromatic carbocycles. The van der Waals surface area contributed by atoms with E-state index in [9.17, 15) is 4.79 Å². The summed E-state index contributed by atoms with van der Waals surface area (Å²) in [4.78, 5) is 19.1. The molecule has 1 aromatic heterocycles. The molecule has 4 rings (SSSR count). The molecule has 6 nitrogen and oxygen atoms in total.